The third-order valence-corrected chi connectivity index (χ3v) is 2.37. The second-order valence-electron chi connectivity index (χ2n) is 3.19. The van der Waals surface area contributed by atoms with E-state index in [9.17, 15) is 0 Å². The van der Waals surface area contributed by atoms with Crippen molar-refractivity contribution >= 4 is 17.4 Å². The lowest BCUT2D eigenvalue weighted by Gasteiger charge is -2.17. The first kappa shape index (κ1) is 11.3. The Labute approximate surface area is 90.1 Å². The monoisotopic (exact) mass is 213 g/mol. The lowest BCUT2D eigenvalue weighted by atomic mass is 10.3. The summed E-state index contributed by atoms with van der Waals surface area (Å²) in [5.74, 6) is 0.842. The highest BCUT2D eigenvalue weighted by Crippen LogP contribution is 2.22. The molecule has 1 N–H and O–H groups in total. The first-order chi connectivity index (χ1) is 6.69. The van der Waals surface area contributed by atoms with Crippen LogP contribution in [0.2, 0.25) is 5.02 Å². The van der Waals surface area contributed by atoms with E-state index in [-0.39, 0.29) is 0 Å². The first-order valence-electron chi connectivity index (χ1n) is 4.69. The van der Waals surface area contributed by atoms with Crippen molar-refractivity contribution < 1.29 is 0 Å². The molecule has 4 heteroatoms. The van der Waals surface area contributed by atoms with Gasteiger partial charge < -0.3 is 10.2 Å². The number of anilines is 1. The molecule has 1 rings (SSSR count). The van der Waals surface area contributed by atoms with Gasteiger partial charge in [0.05, 0.1) is 5.02 Å². The van der Waals surface area contributed by atoms with Crippen molar-refractivity contribution in [2.24, 2.45) is 0 Å². The molecule has 0 bridgehead atoms. The van der Waals surface area contributed by atoms with Gasteiger partial charge in [0.25, 0.3) is 0 Å². The van der Waals surface area contributed by atoms with Crippen LogP contribution in [0.4, 0.5) is 5.82 Å². The van der Waals surface area contributed by atoms with Crippen LogP contribution in [-0.4, -0.2) is 25.6 Å². The smallest absolute Gasteiger partial charge is 0.147 e. The van der Waals surface area contributed by atoms with Gasteiger partial charge in [0.2, 0.25) is 0 Å². The van der Waals surface area contributed by atoms with E-state index in [2.05, 4.69) is 17.2 Å². The Morgan fingerprint density at radius 1 is 1.57 bits per heavy atom. The van der Waals surface area contributed by atoms with Crippen LogP contribution < -0.4 is 10.2 Å². The summed E-state index contributed by atoms with van der Waals surface area (Å²) in [6, 6.07) is 1.95. The van der Waals surface area contributed by atoms with E-state index in [1.165, 1.54) is 0 Å². The minimum atomic E-state index is 0.710. The minimum absolute atomic E-state index is 0.710. The molecule has 0 aromatic carbocycles. The Kier molecular flexibility index (Phi) is 4.17. The lowest BCUT2D eigenvalue weighted by molar-refractivity contribution is 0.811. The predicted molar refractivity (Wildman–Crippen MR) is 61.0 cm³/mol. The highest BCUT2D eigenvalue weighted by atomic mass is 35.5. The van der Waals surface area contributed by atoms with E-state index >= 15 is 0 Å². The average Bonchev–Trinajstić information content (AvgIpc) is 2.17. The summed E-state index contributed by atoms with van der Waals surface area (Å²) in [7, 11) is 3.88. The van der Waals surface area contributed by atoms with E-state index in [4.69, 9.17) is 11.6 Å². The fraction of sp³-hybridized carbons (Fsp3) is 0.500. The number of hydrogen-bond donors (Lipinski definition) is 1. The van der Waals surface area contributed by atoms with Crippen LogP contribution >= 0.6 is 11.6 Å². The van der Waals surface area contributed by atoms with Crippen molar-refractivity contribution in [3.05, 3.63) is 22.8 Å². The molecular weight excluding hydrogens is 198 g/mol. The summed E-state index contributed by atoms with van der Waals surface area (Å²) in [6.07, 6.45) is 1.85. The van der Waals surface area contributed by atoms with Crippen LogP contribution in [0, 0.1) is 0 Å². The maximum Gasteiger partial charge on any atom is 0.147 e. The Hall–Kier alpha value is -0.800. The van der Waals surface area contributed by atoms with E-state index in [1.807, 2.05) is 31.3 Å². The maximum absolute atomic E-state index is 6.11. The third kappa shape index (κ3) is 2.59. The van der Waals surface area contributed by atoms with E-state index in [1.54, 1.807) is 0 Å². The van der Waals surface area contributed by atoms with Gasteiger partial charge in [0.1, 0.15) is 5.82 Å². The number of nitrogens with zero attached hydrogens (tertiary/aromatic N) is 2. The zero-order chi connectivity index (χ0) is 10.6. The van der Waals surface area contributed by atoms with Crippen molar-refractivity contribution in [1.82, 2.24) is 10.3 Å². The molecule has 0 aliphatic heterocycles. The minimum Gasteiger partial charge on any atom is -0.359 e. The molecule has 78 valence electrons. The van der Waals surface area contributed by atoms with Gasteiger partial charge in [0.15, 0.2) is 0 Å². The quantitative estimate of drug-likeness (QED) is 0.829. The number of rotatable bonds is 4. The molecule has 0 atom stereocenters. The Bertz CT molecular complexity index is 301. The van der Waals surface area contributed by atoms with Gasteiger partial charge in [0, 0.05) is 26.3 Å². The average molecular weight is 214 g/mol. The predicted octanol–water partition coefficient (Wildman–Crippen LogP) is 1.91. The summed E-state index contributed by atoms with van der Waals surface area (Å²) in [6.45, 7) is 3.76. The maximum atomic E-state index is 6.11. The summed E-state index contributed by atoms with van der Waals surface area (Å²) in [5.41, 5.74) is 1.10. The molecule has 0 amide bonds. The molecule has 14 heavy (non-hydrogen) atoms. The van der Waals surface area contributed by atoms with Gasteiger partial charge >= 0.3 is 0 Å². The van der Waals surface area contributed by atoms with Crippen molar-refractivity contribution in [2.45, 2.75) is 13.5 Å². The normalized spacial score (nSPS) is 10.3. The first-order valence-corrected chi connectivity index (χ1v) is 5.07. The molecular formula is C10H16ClN3. The Morgan fingerprint density at radius 3 is 2.79 bits per heavy atom. The molecule has 1 aromatic heterocycles. The molecule has 0 fully saturated rings. The second-order valence-corrected chi connectivity index (χ2v) is 3.60. The van der Waals surface area contributed by atoms with Crippen LogP contribution in [0.15, 0.2) is 12.3 Å². The largest absolute Gasteiger partial charge is 0.359 e. The number of aromatic nitrogens is 1. The van der Waals surface area contributed by atoms with Gasteiger partial charge in [-0.05, 0) is 25.6 Å². The fourth-order valence-electron chi connectivity index (χ4n) is 1.20. The molecule has 0 saturated heterocycles. The van der Waals surface area contributed by atoms with Crippen molar-refractivity contribution in [3.63, 3.8) is 0 Å². The fourth-order valence-corrected chi connectivity index (χ4v) is 1.53. The van der Waals surface area contributed by atoms with Crippen molar-refractivity contribution in [1.29, 1.82) is 0 Å². The Morgan fingerprint density at radius 2 is 2.29 bits per heavy atom. The molecule has 0 radical (unpaired) electrons. The van der Waals surface area contributed by atoms with Crippen LogP contribution in [0.25, 0.3) is 0 Å². The molecule has 0 saturated carbocycles. The summed E-state index contributed by atoms with van der Waals surface area (Å²) >= 11 is 6.11. The molecule has 1 aromatic rings. The zero-order valence-electron chi connectivity index (χ0n) is 8.84. The molecule has 0 unspecified atom stereocenters. The standard InChI is InChI=1S/C10H16ClN3/c1-4-14(3)10-9(11)5-8(6-12-2)7-13-10/h5,7,12H,4,6H2,1-3H3. The summed E-state index contributed by atoms with van der Waals surface area (Å²) in [4.78, 5) is 6.34. The van der Waals surface area contributed by atoms with Crippen LogP contribution in [0.3, 0.4) is 0 Å². The summed E-state index contributed by atoms with van der Waals surface area (Å²) in [5, 5.41) is 3.77. The molecule has 1 heterocycles. The number of pyridine rings is 1. The van der Waals surface area contributed by atoms with E-state index in [0.717, 1.165) is 24.5 Å². The molecule has 0 aliphatic carbocycles. The van der Waals surface area contributed by atoms with Crippen LogP contribution in [-0.2, 0) is 6.54 Å². The molecule has 0 aliphatic rings. The summed E-state index contributed by atoms with van der Waals surface area (Å²) < 4.78 is 0. The van der Waals surface area contributed by atoms with Gasteiger partial charge in [-0.2, -0.15) is 0 Å². The molecule has 0 spiro atoms. The van der Waals surface area contributed by atoms with Crippen molar-refractivity contribution in [3.8, 4) is 0 Å². The highest BCUT2D eigenvalue weighted by Gasteiger charge is 2.06. The van der Waals surface area contributed by atoms with E-state index in [0.29, 0.717) is 5.02 Å². The van der Waals surface area contributed by atoms with Crippen molar-refractivity contribution in [2.75, 3.05) is 25.5 Å². The number of hydrogen-bond acceptors (Lipinski definition) is 3. The SMILES string of the molecule is CCN(C)c1ncc(CNC)cc1Cl. The van der Waals surface area contributed by atoms with Gasteiger partial charge in [-0.15, -0.1) is 0 Å². The number of halogens is 1. The highest BCUT2D eigenvalue weighted by molar-refractivity contribution is 6.33. The number of nitrogens with one attached hydrogen (secondary N) is 1. The Balaban J connectivity index is 2.89. The van der Waals surface area contributed by atoms with E-state index < -0.39 is 0 Å². The zero-order valence-corrected chi connectivity index (χ0v) is 9.60. The molecule has 3 nitrogen and oxygen atoms in total. The van der Waals surface area contributed by atoms with Gasteiger partial charge in [-0.1, -0.05) is 11.6 Å². The van der Waals surface area contributed by atoms with Crippen LogP contribution in [0.5, 0.6) is 0 Å². The lowest BCUT2D eigenvalue weighted by Crippen LogP contribution is -2.18. The third-order valence-electron chi connectivity index (χ3n) is 2.10. The van der Waals surface area contributed by atoms with Gasteiger partial charge in [-0.25, -0.2) is 4.98 Å². The van der Waals surface area contributed by atoms with Gasteiger partial charge in [-0.3, -0.25) is 0 Å². The van der Waals surface area contributed by atoms with Crippen LogP contribution in [0.1, 0.15) is 12.5 Å². The topological polar surface area (TPSA) is 28.2 Å². The second kappa shape index (κ2) is 5.17.